The maximum atomic E-state index is 11.9. The molecule has 0 aliphatic carbocycles. The molecule has 1 N–H and O–H groups in total. The maximum absolute atomic E-state index is 11.9. The first kappa shape index (κ1) is 15.4. The molecule has 1 aromatic carbocycles. The molecule has 0 saturated carbocycles. The fourth-order valence-corrected chi connectivity index (χ4v) is 1.98. The highest BCUT2D eigenvalue weighted by Gasteiger charge is 2.21. The molecule has 0 saturated heterocycles. The number of halogens is 1. The van der Waals surface area contributed by atoms with Crippen molar-refractivity contribution in [1.29, 1.82) is 0 Å². The number of rotatable bonds is 5. The molecule has 0 fully saturated rings. The highest BCUT2D eigenvalue weighted by Crippen LogP contribution is 2.39. The number of fused-ring (bicyclic) bond motifs is 1. The Balaban J connectivity index is 1.95. The number of hydrogen-bond donors (Lipinski definition) is 1. The molecule has 0 spiro atoms. The van der Waals surface area contributed by atoms with Gasteiger partial charge in [-0.05, 0) is 25.5 Å². The van der Waals surface area contributed by atoms with Gasteiger partial charge in [-0.25, -0.2) is 4.79 Å². The highest BCUT2D eigenvalue weighted by atomic mass is 35.5. The maximum Gasteiger partial charge on any atom is 0.338 e. The van der Waals surface area contributed by atoms with Gasteiger partial charge in [0.25, 0.3) is 5.91 Å². The average Bonchev–Trinajstić information content (AvgIpc) is 2.93. The van der Waals surface area contributed by atoms with Gasteiger partial charge < -0.3 is 19.5 Å². The van der Waals surface area contributed by atoms with Crippen molar-refractivity contribution < 1.29 is 23.8 Å². The van der Waals surface area contributed by atoms with E-state index in [4.69, 9.17) is 25.8 Å². The second-order valence-electron chi connectivity index (χ2n) is 4.64. The predicted octanol–water partition coefficient (Wildman–Crippen LogP) is 2.14. The third kappa shape index (κ3) is 3.78. The summed E-state index contributed by atoms with van der Waals surface area (Å²) in [5.41, 5.74) is 0.209. The average molecular weight is 314 g/mol. The standard InChI is InChI=1S/C14H16ClNO5/c1-3-8(2)16-12(17)6-19-14(18)9-4-10(15)13-11(5-9)20-7-21-13/h4-5,8H,3,6-7H2,1-2H3,(H,16,17)/t8-/m1/s1. The number of nitrogens with one attached hydrogen (secondary N) is 1. The van der Waals surface area contributed by atoms with Gasteiger partial charge in [-0.15, -0.1) is 0 Å². The largest absolute Gasteiger partial charge is 0.454 e. The fourth-order valence-electron chi connectivity index (χ4n) is 1.72. The van der Waals surface area contributed by atoms with E-state index in [2.05, 4.69) is 5.32 Å². The summed E-state index contributed by atoms with van der Waals surface area (Å²) < 4.78 is 15.3. The highest BCUT2D eigenvalue weighted by molar-refractivity contribution is 6.32. The molecule has 1 aliphatic rings. The smallest absolute Gasteiger partial charge is 0.338 e. The molecule has 0 aromatic heterocycles. The first-order valence-electron chi connectivity index (χ1n) is 6.57. The Morgan fingerprint density at radius 3 is 2.90 bits per heavy atom. The summed E-state index contributed by atoms with van der Waals surface area (Å²) in [5.74, 6) is -0.194. The van der Waals surface area contributed by atoms with Crippen molar-refractivity contribution in [3.8, 4) is 11.5 Å². The number of carbonyl (C=O) groups excluding carboxylic acids is 2. The lowest BCUT2D eigenvalue weighted by Gasteiger charge is -2.11. The first-order chi connectivity index (χ1) is 10.0. The van der Waals surface area contributed by atoms with Crippen molar-refractivity contribution in [2.45, 2.75) is 26.3 Å². The van der Waals surface area contributed by atoms with Crippen LogP contribution >= 0.6 is 11.6 Å². The van der Waals surface area contributed by atoms with E-state index in [1.165, 1.54) is 12.1 Å². The Morgan fingerprint density at radius 2 is 2.19 bits per heavy atom. The van der Waals surface area contributed by atoms with E-state index in [-0.39, 0.29) is 35.9 Å². The third-order valence-corrected chi connectivity index (χ3v) is 3.30. The number of carbonyl (C=O) groups is 2. The Morgan fingerprint density at radius 1 is 1.43 bits per heavy atom. The van der Waals surface area contributed by atoms with Gasteiger partial charge in [0.2, 0.25) is 6.79 Å². The van der Waals surface area contributed by atoms with Gasteiger partial charge >= 0.3 is 5.97 Å². The summed E-state index contributed by atoms with van der Waals surface area (Å²) in [6, 6.07) is 2.93. The van der Waals surface area contributed by atoms with Gasteiger partial charge in [-0.3, -0.25) is 4.79 Å². The number of benzene rings is 1. The van der Waals surface area contributed by atoms with Gasteiger partial charge in [0, 0.05) is 6.04 Å². The lowest BCUT2D eigenvalue weighted by atomic mass is 10.2. The van der Waals surface area contributed by atoms with E-state index >= 15 is 0 Å². The zero-order valence-electron chi connectivity index (χ0n) is 11.8. The van der Waals surface area contributed by atoms with Crippen molar-refractivity contribution in [2.24, 2.45) is 0 Å². The fraction of sp³-hybridized carbons (Fsp3) is 0.429. The van der Waals surface area contributed by atoms with E-state index < -0.39 is 5.97 Å². The van der Waals surface area contributed by atoms with Crippen LogP contribution in [0.4, 0.5) is 0 Å². The molecule has 0 unspecified atom stereocenters. The van der Waals surface area contributed by atoms with Crippen LogP contribution in [-0.2, 0) is 9.53 Å². The Hall–Kier alpha value is -1.95. The minimum atomic E-state index is -0.644. The summed E-state index contributed by atoms with van der Waals surface area (Å²) in [4.78, 5) is 23.4. The second-order valence-corrected chi connectivity index (χ2v) is 5.05. The summed E-state index contributed by atoms with van der Waals surface area (Å²) in [7, 11) is 0. The number of esters is 1. The molecule has 6 nitrogen and oxygen atoms in total. The third-order valence-electron chi connectivity index (χ3n) is 3.02. The predicted molar refractivity (Wildman–Crippen MR) is 75.8 cm³/mol. The van der Waals surface area contributed by atoms with E-state index in [1.54, 1.807) is 0 Å². The van der Waals surface area contributed by atoms with Gasteiger partial charge in [0.1, 0.15) is 0 Å². The van der Waals surface area contributed by atoms with Crippen LogP contribution in [0.2, 0.25) is 5.02 Å². The summed E-state index contributed by atoms with van der Waals surface area (Å²) in [6.07, 6.45) is 0.803. The van der Waals surface area contributed by atoms with E-state index in [0.29, 0.717) is 11.5 Å². The molecule has 1 amide bonds. The van der Waals surface area contributed by atoms with Gasteiger partial charge in [0.15, 0.2) is 18.1 Å². The van der Waals surface area contributed by atoms with Crippen molar-refractivity contribution in [2.75, 3.05) is 13.4 Å². The van der Waals surface area contributed by atoms with Gasteiger partial charge in [-0.2, -0.15) is 0 Å². The van der Waals surface area contributed by atoms with E-state index in [9.17, 15) is 9.59 Å². The SMILES string of the molecule is CC[C@@H](C)NC(=O)COC(=O)c1cc(Cl)c2c(c1)OCO2. The van der Waals surface area contributed by atoms with Crippen LogP contribution in [0.25, 0.3) is 0 Å². The van der Waals surface area contributed by atoms with Gasteiger partial charge in [-0.1, -0.05) is 18.5 Å². The summed E-state index contributed by atoms with van der Waals surface area (Å²) in [6.45, 7) is 3.54. The Labute approximate surface area is 127 Å². The second kappa shape index (κ2) is 6.67. The van der Waals surface area contributed by atoms with Crippen LogP contribution in [0.15, 0.2) is 12.1 Å². The number of ether oxygens (including phenoxy) is 3. The quantitative estimate of drug-likeness (QED) is 0.843. The van der Waals surface area contributed by atoms with Crippen LogP contribution in [0.5, 0.6) is 11.5 Å². The van der Waals surface area contributed by atoms with E-state index in [0.717, 1.165) is 6.42 Å². The Bertz CT molecular complexity index is 561. The minimum Gasteiger partial charge on any atom is -0.454 e. The zero-order valence-corrected chi connectivity index (χ0v) is 12.5. The molecule has 21 heavy (non-hydrogen) atoms. The van der Waals surface area contributed by atoms with Crippen LogP contribution in [0, 0.1) is 0 Å². The minimum absolute atomic E-state index is 0.0381. The van der Waals surface area contributed by atoms with Crippen LogP contribution in [0.3, 0.4) is 0 Å². The lowest BCUT2D eigenvalue weighted by Crippen LogP contribution is -2.35. The molecule has 0 bridgehead atoms. The monoisotopic (exact) mass is 313 g/mol. The number of hydrogen-bond acceptors (Lipinski definition) is 5. The first-order valence-corrected chi connectivity index (χ1v) is 6.94. The zero-order chi connectivity index (χ0) is 15.4. The molecule has 1 aliphatic heterocycles. The molecular formula is C14H16ClNO5. The molecule has 1 atom stereocenters. The van der Waals surface area contributed by atoms with Crippen LogP contribution < -0.4 is 14.8 Å². The topological polar surface area (TPSA) is 73.9 Å². The van der Waals surface area contributed by atoms with E-state index in [1.807, 2.05) is 13.8 Å². The lowest BCUT2D eigenvalue weighted by molar-refractivity contribution is -0.124. The molecule has 2 rings (SSSR count). The van der Waals surface area contributed by atoms with Gasteiger partial charge in [0.05, 0.1) is 10.6 Å². The molecule has 1 heterocycles. The van der Waals surface area contributed by atoms with Crippen molar-refractivity contribution in [3.05, 3.63) is 22.7 Å². The molecule has 7 heteroatoms. The molecule has 0 radical (unpaired) electrons. The van der Waals surface area contributed by atoms with Crippen LogP contribution in [0.1, 0.15) is 30.6 Å². The van der Waals surface area contributed by atoms with Crippen LogP contribution in [-0.4, -0.2) is 31.3 Å². The van der Waals surface area contributed by atoms with Crippen molar-refractivity contribution >= 4 is 23.5 Å². The summed E-state index contributed by atoms with van der Waals surface area (Å²) >= 11 is 5.98. The number of amides is 1. The Kier molecular flexibility index (Phi) is 4.90. The van der Waals surface area contributed by atoms with Crippen molar-refractivity contribution in [1.82, 2.24) is 5.32 Å². The molecule has 1 aromatic rings. The molecular weight excluding hydrogens is 298 g/mol. The normalized spacial score (nSPS) is 13.7. The van der Waals surface area contributed by atoms with Crippen molar-refractivity contribution in [3.63, 3.8) is 0 Å². The summed E-state index contributed by atoms with van der Waals surface area (Å²) in [5, 5.41) is 2.97. The molecule has 114 valence electrons.